The van der Waals surface area contributed by atoms with Gasteiger partial charge in [0.25, 0.3) is 0 Å². The fourth-order valence-corrected chi connectivity index (χ4v) is 2.62. The third-order valence-electron chi connectivity index (χ3n) is 3.78. The zero-order valence-electron chi connectivity index (χ0n) is 12.8. The van der Waals surface area contributed by atoms with E-state index in [0.29, 0.717) is 0 Å². The number of imidazole rings is 1. The number of hydrogen-bond acceptors (Lipinski definition) is 2. The summed E-state index contributed by atoms with van der Waals surface area (Å²) in [5.41, 5.74) is 6.26. The predicted octanol–water partition coefficient (Wildman–Crippen LogP) is 4.17. The van der Waals surface area contributed by atoms with Crippen LogP contribution < -0.4 is 0 Å². The molecule has 109 valence electrons. The second kappa shape index (κ2) is 6.73. The predicted molar refractivity (Wildman–Crippen MR) is 87.4 cm³/mol. The molecular formula is C19H14N3Y-. The minimum atomic E-state index is 0. The number of benzene rings is 2. The molecule has 0 aliphatic rings. The van der Waals surface area contributed by atoms with Crippen LogP contribution in [0.3, 0.4) is 0 Å². The SMILES string of the molecule is Cc1ccnn2c(-c3cccc(-c4ccccc4)c3)[c-]nc12.[Y]. The smallest absolute Gasteiger partial charge is 0.0539 e. The molecule has 0 fully saturated rings. The van der Waals surface area contributed by atoms with Crippen molar-refractivity contribution in [2.75, 3.05) is 0 Å². The van der Waals surface area contributed by atoms with E-state index in [1.807, 2.05) is 35.7 Å². The van der Waals surface area contributed by atoms with Gasteiger partial charge in [0, 0.05) is 38.9 Å². The number of nitrogens with zero attached hydrogens (tertiary/aromatic N) is 3. The van der Waals surface area contributed by atoms with Gasteiger partial charge in [-0.05, 0) is 29.8 Å². The van der Waals surface area contributed by atoms with Gasteiger partial charge in [-0.2, -0.15) is 5.10 Å². The minimum Gasteiger partial charge on any atom is -0.366 e. The van der Waals surface area contributed by atoms with Gasteiger partial charge in [-0.3, -0.25) is 4.52 Å². The van der Waals surface area contributed by atoms with Crippen molar-refractivity contribution in [3.8, 4) is 22.4 Å². The van der Waals surface area contributed by atoms with Crippen molar-refractivity contribution in [2.45, 2.75) is 6.92 Å². The molecule has 0 bridgehead atoms. The Labute approximate surface area is 160 Å². The van der Waals surface area contributed by atoms with Gasteiger partial charge in [0.15, 0.2) is 0 Å². The Kier molecular flexibility index (Phi) is 4.69. The van der Waals surface area contributed by atoms with Crippen molar-refractivity contribution < 1.29 is 32.7 Å². The number of fused-ring (bicyclic) bond motifs is 1. The van der Waals surface area contributed by atoms with E-state index in [-0.39, 0.29) is 32.7 Å². The van der Waals surface area contributed by atoms with E-state index < -0.39 is 0 Å². The topological polar surface area (TPSA) is 30.2 Å². The normalized spacial score (nSPS) is 10.5. The number of rotatable bonds is 2. The summed E-state index contributed by atoms with van der Waals surface area (Å²) in [4.78, 5) is 4.37. The van der Waals surface area contributed by atoms with Gasteiger partial charge in [-0.1, -0.05) is 59.8 Å². The monoisotopic (exact) mass is 373 g/mol. The van der Waals surface area contributed by atoms with Crippen LogP contribution in [0.1, 0.15) is 5.56 Å². The molecule has 2 aromatic heterocycles. The fourth-order valence-electron chi connectivity index (χ4n) is 2.62. The molecule has 3 nitrogen and oxygen atoms in total. The summed E-state index contributed by atoms with van der Waals surface area (Å²) < 4.78 is 1.85. The standard InChI is InChI=1S/C19H14N3.Y/c1-14-10-11-21-22-18(13-20-19(14)22)17-9-5-8-16(12-17)15-6-3-2-4-7-15;/h2-12H,1H3;/q-1;. The Hall–Kier alpha value is -1.84. The molecule has 0 unspecified atom stereocenters. The molecule has 0 spiro atoms. The van der Waals surface area contributed by atoms with Gasteiger partial charge >= 0.3 is 0 Å². The van der Waals surface area contributed by atoms with Gasteiger partial charge in [0.05, 0.1) is 5.65 Å². The molecule has 23 heavy (non-hydrogen) atoms. The molecule has 0 saturated heterocycles. The molecule has 2 aromatic carbocycles. The van der Waals surface area contributed by atoms with Crippen LogP contribution in [0.25, 0.3) is 28.0 Å². The molecular weight excluding hydrogens is 359 g/mol. The van der Waals surface area contributed by atoms with Crippen LogP contribution >= 0.6 is 0 Å². The van der Waals surface area contributed by atoms with Crippen molar-refractivity contribution >= 4 is 5.65 Å². The van der Waals surface area contributed by atoms with Crippen LogP contribution in [-0.2, 0) is 32.7 Å². The molecule has 2 heterocycles. The van der Waals surface area contributed by atoms with E-state index in [1.165, 1.54) is 11.1 Å². The molecule has 0 atom stereocenters. The quantitative estimate of drug-likeness (QED) is 0.494. The summed E-state index contributed by atoms with van der Waals surface area (Å²) in [7, 11) is 0. The first-order valence-electron chi connectivity index (χ1n) is 7.21. The Morgan fingerprint density at radius 2 is 1.61 bits per heavy atom. The maximum Gasteiger partial charge on any atom is 0.0539 e. The average molecular weight is 373 g/mol. The zero-order chi connectivity index (χ0) is 14.9. The molecule has 4 heteroatoms. The van der Waals surface area contributed by atoms with E-state index in [0.717, 1.165) is 22.5 Å². The minimum absolute atomic E-state index is 0. The van der Waals surface area contributed by atoms with Crippen LogP contribution in [0.2, 0.25) is 0 Å². The first-order chi connectivity index (χ1) is 10.8. The molecule has 0 saturated carbocycles. The molecule has 0 N–H and O–H groups in total. The Balaban J connectivity index is 0.00000156. The van der Waals surface area contributed by atoms with Crippen LogP contribution in [-0.4, -0.2) is 14.6 Å². The summed E-state index contributed by atoms with van der Waals surface area (Å²) >= 11 is 0. The fraction of sp³-hybridized carbons (Fsp3) is 0.0526. The summed E-state index contributed by atoms with van der Waals surface area (Å²) in [5.74, 6) is 0. The summed E-state index contributed by atoms with van der Waals surface area (Å²) in [5, 5.41) is 4.40. The van der Waals surface area contributed by atoms with Crippen LogP contribution in [0, 0.1) is 13.1 Å². The second-order valence-corrected chi connectivity index (χ2v) is 5.27. The molecule has 0 aliphatic carbocycles. The molecule has 0 amide bonds. The van der Waals surface area contributed by atoms with Crippen molar-refractivity contribution in [1.29, 1.82) is 0 Å². The van der Waals surface area contributed by atoms with Gasteiger partial charge in [-0.25, -0.2) is 0 Å². The molecule has 4 aromatic rings. The van der Waals surface area contributed by atoms with Crippen LogP contribution in [0.15, 0.2) is 66.9 Å². The van der Waals surface area contributed by atoms with E-state index in [2.05, 4.69) is 52.7 Å². The maximum atomic E-state index is 4.40. The van der Waals surface area contributed by atoms with Crippen molar-refractivity contribution in [3.63, 3.8) is 0 Å². The molecule has 1 radical (unpaired) electrons. The second-order valence-electron chi connectivity index (χ2n) is 5.27. The first-order valence-corrected chi connectivity index (χ1v) is 7.21. The Morgan fingerprint density at radius 3 is 2.43 bits per heavy atom. The van der Waals surface area contributed by atoms with E-state index in [4.69, 9.17) is 0 Å². The largest absolute Gasteiger partial charge is 0.366 e. The Bertz CT molecular complexity index is 945. The van der Waals surface area contributed by atoms with Gasteiger partial charge in [0.1, 0.15) is 0 Å². The van der Waals surface area contributed by atoms with Crippen molar-refractivity contribution in [2.24, 2.45) is 0 Å². The van der Waals surface area contributed by atoms with Gasteiger partial charge < -0.3 is 4.98 Å². The molecule has 4 rings (SSSR count). The van der Waals surface area contributed by atoms with Crippen LogP contribution in [0.5, 0.6) is 0 Å². The number of hydrogen-bond donors (Lipinski definition) is 0. The van der Waals surface area contributed by atoms with Gasteiger partial charge in [0.2, 0.25) is 0 Å². The maximum absolute atomic E-state index is 4.40. The van der Waals surface area contributed by atoms with E-state index in [1.54, 1.807) is 6.20 Å². The van der Waals surface area contributed by atoms with Crippen molar-refractivity contribution in [3.05, 3.63) is 78.6 Å². The number of aromatic nitrogens is 3. The summed E-state index contributed by atoms with van der Waals surface area (Å²) in [6, 6.07) is 20.7. The Morgan fingerprint density at radius 1 is 0.870 bits per heavy atom. The average Bonchev–Trinajstić information content (AvgIpc) is 3.01. The van der Waals surface area contributed by atoms with Gasteiger partial charge in [-0.15, -0.1) is 12.1 Å². The third kappa shape index (κ3) is 2.99. The first kappa shape index (κ1) is 16.0. The summed E-state index contributed by atoms with van der Waals surface area (Å²) in [6.45, 7) is 2.03. The van der Waals surface area contributed by atoms with E-state index in [9.17, 15) is 0 Å². The summed E-state index contributed by atoms with van der Waals surface area (Å²) in [6.07, 6.45) is 4.89. The van der Waals surface area contributed by atoms with Crippen molar-refractivity contribution in [1.82, 2.24) is 14.6 Å². The zero-order valence-corrected chi connectivity index (χ0v) is 15.6. The van der Waals surface area contributed by atoms with Crippen LogP contribution in [0.4, 0.5) is 0 Å². The number of aryl methyl sites for hydroxylation is 1. The molecule has 0 aliphatic heterocycles. The van der Waals surface area contributed by atoms with E-state index >= 15 is 0 Å². The third-order valence-corrected chi connectivity index (χ3v) is 3.78.